The van der Waals surface area contributed by atoms with Crippen LogP contribution in [0.3, 0.4) is 0 Å². The Labute approximate surface area is 171 Å². The Bertz CT molecular complexity index is 331. The monoisotopic (exact) mass is 404 g/mol. The van der Waals surface area contributed by atoms with E-state index in [2.05, 4.69) is 51.2 Å². The lowest BCUT2D eigenvalue weighted by molar-refractivity contribution is 0.124. The van der Waals surface area contributed by atoms with Gasteiger partial charge in [-0.15, -0.1) is 23.5 Å². The molecule has 156 valence electrons. The average molecular weight is 405 g/mol. The van der Waals surface area contributed by atoms with Gasteiger partial charge in [0.1, 0.15) is 0 Å². The molecule has 1 fully saturated rings. The van der Waals surface area contributed by atoms with Crippen LogP contribution in [0.25, 0.3) is 0 Å². The molecule has 0 aliphatic carbocycles. The van der Waals surface area contributed by atoms with E-state index in [4.69, 9.17) is 0 Å². The smallest absolute Gasteiger partial charge is 0.0611 e. The van der Waals surface area contributed by atoms with E-state index in [-0.39, 0.29) is 10.8 Å². The molecule has 2 atom stereocenters. The van der Waals surface area contributed by atoms with Crippen LogP contribution in [0.5, 0.6) is 0 Å². The molecule has 1 rings (SSSR count). The molecule has 0 amide bonds. The molecule has 26 heavy (non-hydrogen) atoms. The fourth-order valence-corrected chi connectivity index (χ4v) is 7.15. The molecule has 0 bridgehead atoms. The molecular weight excluding hydrogens is 360 g/mol. The van der Waals surface area contributed by atoms with Crippen molar-refractivity contribution in [1.82, 2.24) is 0 Å². The summed E-state index contributed by atoms with van der Waals surface area (Å²) in [5, 5.41) is 19.2. The molecule has 4 heteroatoms. The second-order valence-corrected chi connectivity index (χ2v) is 12.2. The minimum Gasteiger partial charge on any atom is -0.396 e. The molecule has 0 spiro atoms. The summed E-state index contributed by atoms with van der Waals surface area (Å²) in [4.78, 5) is 0. The van der Waals surface area contributed by atoms with Gasteiger partial charge >= 0.3 is 0 Å². The van der Waals surface area contributed by atoms with Crippen LogP contribution in [0.1, 0.15) is 98.3 Å². The highest BCUT2D eigenvalue weighted by Crippen LogP contribution is 2.49. The molecule has 1 aliphatic rings. The number of hydrogen-bond donors (Lipinski definition) is 2. The summed E-state index contributed by atoms with van der Waals surface area (Å²) in [5.41, 5.74) is 0.240. The van der Waals surface area contributed by atoms with Gasteiger partial charge in [-0.2, -0.15) is 0 Å². The third kappa shape index (κ3) is 8.32. The molecular formula is C22H44O2S2. The number of hydrogen-bond acceptors (Lipinski definition) is 4. The fraction of sp³-hybridized carbons (Fsp3) is 1.00. The zero-order valence-electron chi connectivity index (χ0n) is 17.8. The van der Waals surface area contributed by atoms with E-state index in [9.17, 15) is 10.2 Å². The molecule has 2 nitrogen and oxygen atoms in total. The van der Waals surface area contributed by atoms with E-state index < -0.39 is 0 Å². The highest BCUT2D eigenvalue weighted by molar-refractivity contribution is 8.18. The first-order chi connectivity index (χ1) is 12.4. The molecule has 2 N–H and O–H groups in total. The largest absolute Gasteiger partial charge is 0.396 e. The Morgan fingerprint density at radius 1 is 0.769 bits per heavy atom. The number of unbranched alkanes of at least 4 members (excludes halogenated alkanes) is 2. The van der Waals surface area contributed by atoms with Gasteiger partial charge in [-0.25, -0.2) is 0 Å². The lowest BCUT2D eigenvalue weighted by Crippen LogP contribution is -2.26. The third-order valence-electron chi connectivity index (χ3n) is 6.67. The van der Waals surface area contributed by atoms with Crippen molar-refractivity contribution in [3.05, 3.63) is 0 Å². The maximum Gasteiger partial charge on any atom is 0.0611 e. The number of rotatable bonds is 14. The Kier molecular flexibility index (Phi) is 11.6. The Hall–Kier alpha value is 0.620. The van der Waals surface area contributed by atoms with Gasteiger partial charge in [-0.3, -0.25) is 0 Å². The van der Waals surface area contributed by atoms with Gasteiger partial charge in [0.05, 0.1) is 4.08 Å². The second kappa shape index (κ2) is 12.2. The highest BCUT2D eigenvalue weighted by Gasteiger charge is 2.33. The van der Waals surface area contributed by atoms with Crippen LogP contribution in [0.4, 0.5) is 0 Å². The van der Waals surface area contributed by atoms with Gasteiger partial charge < -0.3 is 10.2 Å². The minimum atomic E-state index is 0.120. The van der Waals surface area contributed by atoms with Gasteiger partial charge in [0, 0.05) is 13.2 Å². The van der Waals surface area contributed by atoms with Gasteiger partial charge in [-0.05, 0) is 67.3 Å². The van der Waals surface area contributed by atoms with Gasteiger partial charge in [0.15, 0.2) is 0 Å². The zero-order chi connectivity index (χ0) is 19.5. The lowest BCUT2D eigenvalue weighted by atomic mass is 9.82. The molecule has 0 saturated carbocycles. The van der Waals surface area contributed by atoms with Crippen molar-refractivity contribution < 1.29 is 10.2 Å². The molecule has 1 aliphatic heterocycles. The molecule has 0 aromatic rings. The molecule has 1 heterocycles. The summed E-state index contributed by atoms with van der Waals surface area (Å²) >= 11 is 4.43. The normalized spacial score (nSPS) is 21.9. The number of aliphatic hydroxyl groups is 2. The van der Waals surface area contributed by atoms with E-state index in [1.165, 1.54) is 56.5 Å². The fourth-order valence-electron chi connectivity index (χ4n) is 3.66. The lowest BCUT2D eigenvalue weighted by Gasteiger charge is -2.37. The first-order valence-electron chi connectivity index (χ1n) is 10.9. The van der Waals surface area contributed by atoms with Crippen molar-refractivity contribution >= 4 is 23.5 Å². The summed E-state index contributed by atoms with van der Waals surface area (Å²) in [5.74, 6) is 2.64. The highest BCUT2D eigenvalue weighted by atomic mass is 32.2. The maximum absolute atomic E-state index is 9.61. The maximum atomic E-state index is 9.61. The van der Waals surface area contributed by atoms with E-state index in [0.717, 1.165) is 25.7 Å². The van der Waals surface area contributed by atoms with Crippen LogP contribution < -0.4 is 0 Å². The summed E-state index contributed by atoms with van der Waals surface area (Å²) in [7, 11) is 0. The summed E-state index contributed by atoms with van der Waals surface area (Å²) in [6.07, 6.45) is 13.5. The van der Waals surface area contributed by atoms with Crippen molar-refractivity contribution in [2.45, 2.75) is 102 Å². The van der Waals surface area contributed by atoms with Crippen LogP contribution >= 0.6 is 23.5 Å². The predicted octanol–water partition coefficient (Wildman–Crippen LogP) is 6.49. The van der Waals surface area contributed by atoms with Gasteiger partial charge in [-0.1, -0.05) is 53.4 Å². The SMILES string of the molecule is CCC(C)(CO)CCCCC1(CCCCC(C)(CC)CO)SCCCS1. The predicted molar refractivity (Wildman–Crippen MR) is 120 cm³/mol. The Morgan fingerprint density at radius 3 is 1.54 bits per heavy atom. The molecule has 0 aromatic carbocycles. The van der Waals surface area contributed by atoms with Gasteiger partial charge in [0.2, 0.25) is 0 Å². The summed E-state index contributed by atoms with van der Waals surface area (Å²) in [6.45, 7) is 9.47. The van der Waals surface area contributed by atoms with Crippen LogP contribution in [0.2, 0.25) is 0 Å². The van der Waals surface area contributed by atoms with Crippen molar-refractivity contribution in [3.8, 4) is 0 Å². The first kappa shape index (κ1) is 24.7. The van der Waals surface area contributed by atoms with Crippen LogP contribution in [0.15, 0.2) is 0 Å². The van der Waals surface area contributed by atoms with Crippen molar-refractivity contribution in [2.75, 3.05) is 24.7 Å². The zero-order valence-corrected chi connectivity index (χ0v) is 19.5. The summed E-state index contributed by atoms with van der Waals surface area (Å²) in [6, 6.07) is 0. The summed E-state index contributed by atoms with van der Waals surface area (Å²) < 4.78 is 0.432. The molecule has 2 unspecified atom stereocenters. The van der Waals surface area contributed by atoms with E-state index in [0.29, 0.717) is 17.3 Å². The van der Waals surface area contributed by atoms with Crippen molar-refractivity contribution in [2.24, 2.45) is 10.8 Å². The van der Waals surface area contributed by atoms with Crippen molar-refractivity contribution in [1.29, 1.82) is 0 Å². The quantitative estimate of drug-likeness (QED) is 0.325. The number of aliphatic hydroxyl groups excluding tert-OH is 2. The Morgan fingerprint density at radius 2 is 1.19 bits per heavy atom. The number of thioether (sulfide) groups is 2. The molecule has 0 aromatic heterocycles. The molecule has 1 saturated heterocycles. The topological polar surface area (TPSA) is 40.5 Å². The molecule has 0 radical (unpaired) electrons. The van der Waals surface area contributed by atoms with E-state index in [1.807, 2.05) is 0 Å². The van der Waals surface area contributed by atoms with E-state index in [1.54, 1.807) is 0 Å². The first-order valence-corrected chi connectivity index (χ1v) is 12.8. The van der Waals surface area contributed by atoms with Gasteiger partial charge in [0.25, 0.3) is 0 Å². The Balaban J connectivity index is 2.41. The van der Waals surface area contributed by atoms with Crippen molar-refractivity contribution in [3.63, 3.8) is 0 Å². The van der Waals surface area contributed by atoms with Crippen LogP contribution in [-0.2, 0) is 0 Å². The second-order valence-electron chi connectivity index (χ2n) is 9.02. The minimum absolute atomic E-state index is 0.120. The average Bonchev–Trinajstić information content (AvgIpc) is 2.69. The van der Waals surface area contributed by atoms with Crippen LogP contribution in [0, 0.1) is 10.8 Å². The standard InChI is InChI=1S/C22H44O2S2/c1-5-20(3,18-23)12-7-9-14-22(25-16-11-17-26-22)15-10-8-13-21(4,6-2)19-24/h23-24H,5-19H2,1-4H3. The third-order valence-corrected chi connectivity index (χ3v) is 10.2. The van der Waals surface area contributed by atoms with E-state index >= 15 is 0 Å². The van der Waals surface area contributed by atoms with Crippen LogP contribution in [-0.4, -0.2) is 39.0 Å².